The average molecular weight is 401 g/mol. The molecule has 0 saturated carbocycles. The molecule has 0 heterocycles. The zero-order valence-electron chi connectivity index (χ0n) is 17.0. The molecule has 28 heavy (non-hydrogen) atoms. The molecule has 1 aromatic rings. The number of rotatable bonds is 13. The molecule has 6 nitrogen and oxygen atoms in total. The van der Waals surface area contributed by atoms with E-state index in [1.165, 1.54) is 0 Å². The van der Waals surface area contributed by atoms with Crippen molar-refractivity contribution < 1.29 is 23.4 Å². The summed E-state index contributed by atoms with van der Waals surface area (Å²) in [7, 11) is 0. The molecule has 0 spiro atoms. The van der Waals surface area contributed by atoms with Crippen molar-refractivity contribution in [2.45, 2.75) is 53.2 Å². The van der Waals surface area contributed by atoms with Gasteiger partial charge in [-0.1, -0.05) is 25.5 Å². The summed E-state index contributed by atoms with van der Waals surface area (Å²) in [6.45, 7) is 4.92. The van der Waals surface area contributed by atoms with E-state index >= 15 is 0 Å². The zero-order valence-corrected chi connectivity index (χ0v) is 17.0. The number of aliphatic hydroxyl groups excluding tert-OH is 1. The van der Waals surface area contributed by atoms with E-state index in [0.29, 0.717) is 37.1 Å². The van der Waals surface area contributed by atoms with Gasteiger partial charge in [0.1, 0.15) is 0 Å². The van der Waals surface area contributed by atoms with Crippen LogP contribution >= 0.6 is 0 Å². The van der Waals surface area contributed by atoms with Gasteiger partial charge in [-0.15, -0.1) is 0 Å². The minimum atomic E-state index is -2.94. The number of hydrogen-bond donors (Lipinski definition) is 3. The maximum atomic E-state index is 12.8. The number of aliphatic imine (C=N–C) groups is 1. The van der Waals surface area contributed by atoms with Crippen LogP contribution in [-0.4, -0.2) is 44.0 Å². The molecule has 8 heteroatoms. The molecule has 0 aliphatic carbocycles. The van der Waals surface area contributed by atoms with Crippen molar-refractivity contribution in [3.8, 4) is 11.5 Å². The van der Waals surface area contributed by atoms with Crippen LogP contribution in [0.5, 0.6) is 11.5 Å². The lowest BCUT2D eigenvalue weighted by Gasteiger charge is -2.18. The summed E-state index contributed by atoms with van der Waals surface area (Å²) >= 11 is 0. The number of nitrogens with zero attached hydrogens (tertiary/aromatic N) is 1. The Morgan fingerprint density at radius 2 is 1.96 bits per heavy atom. The van der Waals surface area contributed by atoms with Gasteiger partial charge in [-0.2, -0.15) is 8.78 Å². The number of nitrogens with one attached hydrogen (secondary N) is 2. The highest BCUT2D eigenvalue weighted by atomic mass is 19.3. The van der Waals surface area contributed by atoms with Crippen LogP contribution in [0.2, 0.25) is 0 Å². The predicted molar refractivity (Wildman–Crippen MR) is 107 cm³/mol. The molecule has 0 fully saturated rings. The minimum absolute atomic E-state index is 0.0167. The smallest absolute Gasteiger partial charge is 0.387 e. The molecule has 0 aliphatic heterocycles. The van der Waals surface area contributed by atoms with Crippen LogP contribution in [0, 0.1) is 5.92 Å². The molecular formula is C20H33F2N3O3. The Hall–Kier alpha value is -2.09. The SMILES string of the molecule is CCCC(CCO)CNC(=NCc1cccc(OCC)c1OC(F)F)NCC. The number of halogens is 2. The number of hydrogen-bond acceptors (Lipinski definition) is 4. The fourth-order valence-corrected chi connectivity index (χ4v) is 2.86. The van der Waals surface area contributed by atoms with Crippen molar-refractivity contribution in [2.24, 2.45) is 10.9 Å². The lowest BCUT2D eigenvalue weighted by atomic mass is 10.0. The molecule has 1 aromatic carbocycles. The Balaban J connectivity index is 2.92. The van der Waals surface area contributed by atoms with Crippen LogP contribution < -0.4 is 20.1 Å². The van der Waals surface area contributed by atoms with E-state index in [2.05, 4.69) is 27.3 Å². The van der Waals surface area contributed by atoms with E-state index < -0.39 is 6.61 Å². The van der Waals surface area contributed by atoms with Crippen molar-refractivity contribution in [1.82, 2.24) is 10.6 Å². The summed E-state index contributed by atoms with van der Waals surface area (Å²) in [5.41, 5.74) is 0.518. The Bertz CT molecular complexity index is 580. The van der Waals surface area contributed by atoms with Gasteiger partial charge in [0.15, 0.2) is 17.5 Å². The van der Waals surface area contributed by atoms with Crippen molar-refractivity contribution in [3.63, 3.8) is 0 Å². The third-order valence-electron chi connectivity index (χ3n) is 4.11. The van der Waals surface area contributed by atoms with Gasteiger partial charge < -0.3 is 25.2 Å². The second kappa shape index (κ2) is 14.0. The Labute approximate surface area is 166 Å². The largest absolute Gasteiger partial charge is 0.490 e. The Morgan fingerprint density at radius 3 is 2.57 bits per heavy atom. The van der Waals surface area contributed by atoms with Crippen LogP contribution in [0.15, 0.2) is 23.2 Å². The normalized spacial score (nSPS) is 12.8. The molecule has 1 unspecified atom stereocenters. The zero-order chi connectivity index (χ0) is 20.8. The third-order valence-corrected chi connectivity index (χ3v) is 4.11. The lowest BCUT2D eigenvalue weighted by Crippen LogP contribution is -2.40. The van der Waals surface area contributed by atoms with E-state index in [1.54, 1.807) is 25.1 Å². The first-order chi connectivity index (χ1) is 13.5. The van der Waals surface area contributed by atoms with Gasteiger partial charge in [-0.05, 0) is 38.7 Å². The average Bonchev–Trinajstić information content (AvgIpc) is 2.66. The van der Waals surface area contributed by atoms with Gasteiger partial charge >= 0.3 is 6.61 Å². The van der Waals surface area contributed by atoms with Crippen molar-refractivity contribution >= 4 is 5.96 Å². The third kappa shape index (κ3) is 8.73. The number of benzene rings is 1. The molecule has 1 atom stereocenters. The molecule has 0 aromatic heterocycles. The van der Waals surface area contributed by atoms with Crippen LogP contribution in [-0.2, 0) is 6.54 Å². The van der Waals surface area contributed by atoms with Crippen LogP contribution in [0.1, 0.15) is 45.6 Å². The number of guanidine groups is 1. The topological polar surface area (TPSA) is 75.1 Å². The highest BCUT2D eigenvalue weighted by Gasteiger charge is 2.16. The molecule has 160 valence electrons. The summed E-state index contributed by atoms with van der Waals surface area (Å²) in [4.78, 5) is 4.50. The second-order valence-electron chi connectivity index (χ2n) is 6.30. The highest BCUT2D eigenvalue weighted by Crippen LogP contribution is 2.33. The minimum Gasteiger partial charge on any atom is -0.490 e. The number of aliphatic hydroxyl groups is 1. The summed E-state index contributed by atoms with van der Waals surface area (Å²) in [6.07, 6.45) is 2.78. The van der Waals surface area contributed by atoms with E-state index in [1.807, 2.05) is 6.92 Å². The fraction of sp³-hybridized carbons (Fsp3) is 0.650. The van der Waals surface area contributed by atoms with Crippen molar-refractivity contribution in [1.29, 1.82) is 0 Å². The van der Waals surface area contributed by atoms with E-state index in [0.717, 1.165) is 19.3 Å². The predicted octanol–water partition coefficient (Wildman–Crippen LogP) is 3.54. The fourth-order valence-electron chi connectivity index (χ4n) is 2.86. The van der Waals surface area contributed by atoms with E-state index in [4.69, 9.17) is 4.74 Å². The van der Waals surface area contributed by atoms with Crippen LogP contribution in [0.3, 0.4) is 0 Å². The number of para-hydroxylation sites is 1. The van der Waals surface area contributed by atoms with E-state index in [9.17, 15) is 13.9 Å². The number of alkyl halides is 2. The molecule has 3 N–H and O–H groups in total. The van der Waals surface area contributed by atoms with Gasteiger partial charge in [0.2, 0.25) is 0 Å². The van der Waals surface area contributed by atoms with Crippen molar-refractivity contribution in [2.75, 3.05) is 26.3 Å². The van der Waals surface area contributed by atoms with Crippen LogP contribution in [0.4, 0.5) is 8.78 Å². The molecule has 0 amide bonds. The summed E-state index contributed by atoms with van der Waals surface area (Å²) in [5.74, 6) is 1.23. The summed E-state index contributed by atoms with van der Waals surface area (Å²) in [6, 6.07) is 5.02. The van der Waals surface area contributed by atoms with Gasteiger partial charge in [-0.25, -0.2) is 4.99 Å². The van der Waals surface area contributed by atoms with Gasteiger partial charge in [0, 0.05) is 25.3 Å². The van der Waals surface area contributed by atoms with Gasteiger partial charge in [-0.3, -0.25) is 0 Å². The molecule has 1 rings (SSSR count). The summed E-state index contributed by atoms with van der Waals surface area (Å²) < 4.78 is 35.8. The summed E-state index contributed by atoms with van der Waals surface area (Å²) in [5, 5.41) is 15.6. The first-order valence-electron chi connectivity index (χ1n) is 9.88. The molecule has 0 aliphatic rings. The van der Waals surface area contributed by atoms with Gasteiger partial charge in [0.05, 0.1) is 13.2 Å². The number of ether oxygens (including phenoxy) is 2. The van der Waals surface area contributed by atoms with Gasteiger partial charge in [0.25, 0.3) is 0 Å². The Kier molecular flexibility index (Phi) is 12.0. The molecular weight excluding hydrogens is 368 g/mol. The second-order valence-corrected chi connectivity index (χ2v) is 6.30. The Morgan fingerprint density at radius 1 is 1.18 bits per heavy atom. The standard InChI is InChI=1S/C20H33F2N3O3/c1-4-8-15(11-12-26)13-24-20(23-5-2)25-14-16-9-7-10-17(27-6-3)18(16)28-19(21)22/h7,9-10,15,19,26H,4-6,8,11-14H2,1-3H3,(H2,23,24,25). The molecule has 0 radical (unpaired) electrons. The quantitative estimate of drug-likeness (QED) is 0.348. The maximum Gasteiger partial charge on any atom is 0.387 e. The molecule has 0 saturated heterocycles. The first-order valence-corrected chi connectivity index (χ1v) is 9.88. The molecule has 0 bridgehead atoms. The van der Waals surface area contributed by atoms with Crippen molar-refractivity contribution in [3.05, 3.63) is 23.8 Å². The lowest BCUT2D eigenvalue weighted by molar-refractivity contribution is -0.0520. The van der Waals surface area contributed by atoms with Crippen LogP contribution in [0.25, 0.3) is 0 Å². The van der Waals surface area contributed by atoms with E-state index in [-0.39, 0.29) is 24.7 Å². The first kappa shape index (κ1) is 23.9. The monoisotopic (exact) mass is 401 g/mol. The maximum absolute atomic E-state index is 12.8. The highest BCUT2D eigenvalue weighted by molar-refractivity contribution is 5.79.